The number of halogens is 1. The number of carbonyl (C=O) groups is 1. The lowest BCUT2D eigenvalue weighted by Gasteiger charge is -2.18. The van der Waals surface area contributed by atoms with E-state index in [-0.39, 0.29) is 5.92 Å². The summed E-state index contributed by atoms with van der Waals surface area (Å²) < 4.78 is 2.96. The monoisotopic (exact) mass is 298 g/mol. The molecular weight excluding hydrogens is 280 g/mol. The zero-order valence-corrected chi connectivity index (χ0v) is 12.0. The lowest BCUT2D eigenvalue weighted by Crippen LogP contribution is -2.17. The van der Waals surface area contributed by atoms with E-state index in [1.807, 2.05) is 10.9 Å². The SMILES string of the molecule is CC(C)n1ncc(Br)c1C1CCCCCC1=O. The topological polar surface area (TPSA) is 34.9 Å². The first-order valence-corrected chi connectivity index (χ1v) is 7.16. The van der Waals surface area contributed by atoms with Crippen LogP contribution in [-0.2, 0) is 4.79 Å². The summed E-state index contributed by atoms with van der Waals surface area (Å²) in [5.41, 5.74) is 1.08. The third-order valence-corrected chi connectivity index (χ3v) is 4.02. The maximum absolute atomic E-state index is 12.2. The second-order valence-corrected chi connectivity index (χ2v) is 5.89. The zero-order valence-electron chi connectivity index (χ0n) is 10.4. The van der Waals surface area contributed by atoms with E-state index in [0.717, 1.165) is 35.8 Å². The summed E-state index contributed by atoms with van der Waals surface area (Å²) in [7, 11) is 0. The highest BCUT2D eigenvalue weighted by atomic mass is 79.9. The van der Waals surface area contributed by atoms with Crippen LogP contribution in [0.4, 0.5) is 0 Å². The van der Waals surface area contributed by atoms with Crippen LogP contribution in [0, 0.1) is 0 Å². The van der Waals surface area contributed by atoms with Crippen molar-refractivity contribution in [3.63, 3.8) is 0 Å². The van der Waals surface area contributed by atoms with Crippen LogP contribution >= 0.6 is 15.9 Å². The molecule has 1 fully saturated rings. The van der Waals surface area contributed by atoms with Crippen molar-refractivity contribution in [3.8, 4) is 0 Å². The summed E-state index contributed by atoms with van der Waals surface area (Å²) in [4.78, 5) is 12.2. The highest BCUT2D eigenvalue weighted by Crippen LogP contribution is 2.34. The molecule has 1 heterocycles. The molecule has 0 bridgehead atoms. The van der Waals surface area contributed by atoms with Crippen molar-refractivity contribution in [1.82, 2.24) is 9.78 Å². The highest BCUT2D eigenvalue weighted by Gasteiger charge is 2.28. The van der Waals surface area contributed by atoms with Crippen LogP contribution in [0.25, 0.3) is 0 Å². The molecule has 0 N–H and O–H groups in total. The Morgan fingerprint density at radius 2 is 2.18 bits per heavy atom. The third kappa shape index (κ3) is 2.62. The van der Waals surface area contributed by atoms with E-state index < -0.39 is 0 Å². The molecule has 1 atom stereocenters. The van der Waals surface area contributed by atoms with Crippen LogP contribution in [0.1, 0.15) is 63.6 Å². The van der Waals surface area contributed by atoms with Gasteiger partial charge < -0.3 is 0 Å². The van der Waals surface area contributed by atoms with Crippen molar-refractivity contribution in [2.45, 2.75) is 57.9 Å². The van der Waals surface area contributed by atoms with Gasteiger partial charge in [0.15, 0.2) is 0 Å². The number of carbonyl (C=O) groups excluding carboxylic acids is 1. The molecule has 1 aromatic heterocycles. The van der Waals surface area contributed by atoms with Crippen LogP contribution in [-0.4, -0.2) is 15.6 Å². The molecule has 1 aromatic rings. The summed E-state index contributed by atoms with van der Waals surface area (Å²) in [5, 5.41) is 4.37. The van der Waals surface area contributed by atoms with Gasteiger partial charge in [-0.2, -0.15) is 5.10 Å². The number of rotatable bonds is 2. The van der Waals surface area contributed by atoms with E-state index in [9.17, 15) is 4.79 Å². The molecule has 1 aliphatic rings. The molecule has 0 spiro atoms. The standard InChI is InChI=1S/C13H19BrN2O/c1-9(2)16-13(11(14)8-15-16)10-6-4-3-5-7-12(10)17/h8-10H,3-7H2,1-2H3. The molecule has 2 rings (SSSR count). The first-order chi connectivity index (χ1) is 8.11. The Bertz CT molecular complexity index is 412. The van der Waals surface area contributed by atoms with Crippen LogP contribution in [0.3, 0.4) is 0 Å². The summed E-state index contributed by atoms with van der Waals surface area (Å²) in [6.45, 7) is 4.20. The molecule has 0 saturated heterocycles. The van der Waals surface area contributed by atoms with Gasteiger partial charge in [-0.15, -0.1) is 0 Å². The maximum Gasteiger partial charge on any atom is 0.141 e. The van der Waals surface area contributed by atoms with E-state index in [2.05, 4.69) is 34.9 Å². The van der Waals surface area contributed by atoms with Crippen molar-refractivity contribution in [2.75, 3.05) is 0 Å². The zero-order chi connectivity index (χ0) is 12.4. The first kappa shape index (κ1) is 12.8. The van der Waals surface area contributed by atoms with E-state index in [4.69, 9.17) is 0 Å². The molecule has 1 saturated carbocycles. The Hall–Kier alpha value is -0.640. The molecule has 1 unspecified atom stereocenters. The minimum atomic E-state index is 0.0387. The van der Waals surface area contributed by atoms with Crippen molar-refractivity contribution in [3.05, 3.63) is 16.4 Å². The van der Waals surface area contributed by atoms with Gasteiger partial charge in [0.05, 0.1) is 22.3 Å². The van der Waals surface area contributed by atoms with E-state index in [1.165, 1.54) is 6.42 Å². The Morgan fingerprint density at radius 3 is 2.88 bits per heavy atom. The fourth-order valence-corrected chi connectivity index (χ4v) is 3.09. The molecule has 0 radical (unpaired) electrons. The summed E-state index contributed by atoms with van der Waals surface area (Å²) in [5.74, 6) is 0.419. The summed E-state index contributed by atoms with van der Waals surface area (Å²) >= 11 is 3.54. The Kier molecular flexibility index (Phi) is 4.02. The minimum Gasteiger partial charge on any atom is -0.299 e. The molecule has 0 aromatic carbocycles. The van der Waals surface area contributed by atoms with Crippen LogP contribution < -0.4 is 0 Å². The Morgan fingerprint density at radius 1 is 1.41 bits per heavy atom. The van der Waals surface area contributed by atoms with Crippen LogP contribution in [0.2, 0.25) is 0 Å². The molecule has 1 aliphatic carbocycles. The van der Waals surface area contributed by atoms with Gasteiger partial charge >= 0.3 is 0 Å². The van der Waals surface area contributed by atoms with E-state index in [1.54, 1.807) is 0 Å². The first-order valence-electron chi connectivity index (χ1n) is 6.37. The number of hydrogen-bond donors (Lipinski definition) is 0. The van der Waals surface area contributed by atoms with Gasteiger partial charge in [0.1, 0.15) is 5.78 Å². The second kappa shape index (κ2) is 5.34. The minimum absolute atomic E-state index is 0.0387. The maximum atomic E-state index is 12.2. The fraction of sp³-hybridized carbons (Fsp3) is 0.692. The quantitative estimate of drug-likeness (QED) is 0.778. The van der Waals surface area contributed by atoms with Crippen molar-refractivity contribution in [2.24, 2.45) is 0 Å². The number of nitrogens with zero attached hydrogens (tertiary/aromatic N) is 2. The highest BCUT2D eigenvalue weighted by molar-refractivity contribution is 9.10. The second-order valence-electron chi connectivity index (χ2n) is 5.03. The third-order valence-electron chi connectivity index (χ3n) is 3.41. The van der Waals surface area contributed by atoms with Gasteiger partial charge in [0.2, 0.25) is 0 Å². The molecule has 3 nitrogen and oxygen atoms in total. The molecule has 4 heteroatoms. The van der Waals surface area contributed by atoms with Crippen molar-refractivity contribution >= 4 is 21.7 Å². The number of ketones is 1. The van der Waals surface area contributed by atoms with Gasteiger partial charge in [-0.25, -0.2) is 0 Å². The van der Waals surface area contributed by atoms with E-state index in [0.29, 0.717) is 11.8 Å². The Labute approximate surface area is 111 Å². The van der Waals surface area contributed by atoms with Gasteiger partial charge in [0.25, 0.3) is 0 Å². The smallest absolute Gasteiger partial charge is 0.141 e. The van der Waals surface area contributed by atoms with Crippen molar-refractivity contribution in [1.29, 1.82) is 0 Å². The fourth-order valence-electron chi connectivity index (χ4n) is 2.54. The molecular formula is C13H19BrN2O. The average molecular weight is 299 g/mol. The van der Waals surface area contributed by atoms with Gasteiger partial charge in [-0.3, -0.25) is 9.48 Å². The largest absolute Gasteiger partial charge is 0.299 e. The van der Waals surface area contributed by atoms with E-state index >= 15 is 0 Å². The lowest BCUT2D eigenvalue weighted by atomic mass is 9.95. The van der Waals surface area contributed by atoms with Crippen LogP contribution in [0.15, 0.2) is 10.7 Å². The Balaban J connectivity index is 2.37. The predicted octanol–water partition coefficient (Wildman–Crippen LogP) is 3.84. The average Bonchev–Trinajstić information content (AvgIpc) is 2.52. The lowest BCUT2D eigenvalue weighted by molar-refractivity contribution is -0.120. The summed E-state index contributed by atoms with van der Waals surface area (Å²) in [6, 6.07) is 0.298. The molecule has 94 valence electrons. The van der Waals surface area contributed by atoms with Crippen molar-refractivity contribution < 1.29 is 4.79 Å². The molecule has 0 amide bonds. The predicted molar refractivity (Wildman–Crippen MR) is 71.1 cm³/mol. The molecule has 17 heavy (non-hydrogen) atoms. The summed E-state index contributed by atoms with van der Waals surface area (Å²) in [6.07, 6.45) is 6.87. The number of Topliss-reactive ketones (excluding diaryl/α,β-unsaturated/α-hetero) is 1. The molecule has 0 aliphatic heterocycles. The van der Waals surface area contributed by atoms with Gasteiger partial charge in [-0.1, -0.05) is 12.8 Å². The van der Waals surface area contributed by atoms with Gasteiger partial charge in [-0.05, 0) is 42.6 Å². The number of aromatic nitrogens is 2. The van der Waals surface area contributed by atoms with Crippen LogP contribution in [0.5, 0.6) is 0 Å². The van der Waals surface area contributed by atoms with Gasteiger partial charge in [0, 0.05) is 12.5 Å². The number of hydrogen-bond acceptors (Lipinski definition) is 2. The normalized spacial score (nSPS) is 21.9.